The molecule has 2 aromatic rings. The standard InChI is InChI=1S/C18H23N5O3S/c1-13(16(24)23-9-8-19-17(23)25)27-18-21-20-15(22(18)10-11-26-2)12-14-6-4-3-5-7-14/h3-7,13H,8-12H2,1-2H3,(H,19,25)/t13-/m1/s1. The van der Waals surface area contributed by atoms with Crippen molar-refractivity contribution in [1.82, 2.24) is 25.0 Å². The monoisotopic (exact) mass is 389 g/mol. The van der Waals surface area contributed by atoms with Gasteiger partial charge in [-0.2, -0.15) is 0 Å². The fourth-order valence-corrected chi connectivity index (χ4v) is 3.79. The zero-order valence-corrected chi connectivity index (χ0v) is 16.2. The molecule has 0 saturated carbocycles. The first kappa shape index (κ1) is 19.4. The molecule has 1 fully saturated rings. The highest BCUT2D eigenvalue weighted by molar-refractivity contribution is 8.00. The molecule has 0 unspecified atom stereocenters. The number of aromatic nitrogens is 3. The largest absolute Gasteiger partial charge is 0.383 e. The second-order valence-corrected chi connectivity index (χ2v) is 7.50. The van der Waals surface area contributed by atoms with Gasteiger partial charge in [-0.1, -0.05) is 42.1 Å². The quantitative estimate of drug-likeness (QED) is 0.689. The van der Waals surface area contributed by atoms with Gasteiger partial charge in [0.15, 0.2) is 5.16 Å². The van der Waals surface area contributed by atoms with E-state index in [4.69, 9.17) is 4.74 Å². The summed E-state index contributed by atoms with van der Waals surface area (Å²) in [5.41, 5.74) is 1.14. The van der Waals surface area contributed by atoms with Crippen LogP contribution in [0.1, 0.15) is 18.3 Å². The van der Waals surface area contributed by atoms with Crippen LogP contribution >= 0.6 is 11.8 Å². The van der Waals surface area contributed by atoms with Gasteiger partial charge in [0.05, 0.1) is 11.9 Å². The van der Waals surface area contributed by atoms with E-state index in [0.717, 1.165) is 11.4 Å². The van der Waals surface area contributed by atoms with Crippen molar-refractivity contribution in [2.45, 2.75) is 30.3 Å². The molecule has 0 aliphatic carbocycles. The number of imide groups is 1. The zero-order valence-electron chi connectivity index (χ0n) is 15.4. The summed E-state index contributed by atoms with van der Waals surface area (Å²) in [6.45, 7) is 3.79. The van der Waals surface area contributed by atoms with Gasteiger partial charge in [-0.15, -0.1) is 10.2 Å². The number of methoxy groups -OCH3 is 1. The minimum atomic E-state index is -0.441. The van der Waals surface area contributed by atoms with Gasteiger partial charge in [0.25, 0.3) is 0 Å². The normalized spacial score (nSPS) is 15.0. The number of amides is 3. The molecule has 9 heteroatoms. The Bertz CT molecular complexity index is 796. The van der Waals surface area contributed by atoms with Gasteiger partial charge in [0, 0.05) is 33.2 Å². The van der Waals surface area contributed by atoms with Crippen LogP contribution in [-0.4, -0.2) is 63.7 Å². The van der Waals surface area contributed by atoms with Crippen molar-refractivity contribution >= 4 is 23.7 Å². The summed E-state index contributed by atoms with van der Waals surface area (Å²) < 4.78 is 7.19. The maximum atomic E-state index is 12.5. The maximum Gasteiger partial charge on any atom is 0.324 e. The topological polar surface area (TPSA) is 89.3 Å². The van der Waals surface area contributed by atoms with E-state index < -0.39 is 5.25 Å². The first-order chi connectivity index (χ1) is 13.1. The summed E-state index contributed by atoms with van der Waals surface area (Å²) >= 11 is 1.31. The summed E-state index contributed by atoms with van der Waals surface area (Å²) in [4.78, 5) is 25.5. The van der Waals surface area contributed by atoms with Crippen LogP contribution in [0.15, 0.2) is 35.5 Å². The van der Waals surface area contributed by atoms with E-state index in [1.165, 1.54) is 16.7 Å². The van der Waals surface area contributed by atoms with Crippen LogP contribution in [0.4, 0.5) is 4.79 Å². The van der Waals surface area contributed by atoms with Gasteiger partial charge in [0.2, 0.25) is 5.91 Å². The van der Waals surface area contributed by atoms with Gasteiger partial charge in [0.1, 0.15) is 5.82 Å². The summed E-state index contributed by atoms with van der Waals surface area (Å²) in [5.74, 6) is 0.597. The predicted molar refractivity (Wildman–Crippen MR) is 102 cm³/mol. The Labute approximate surface area is 162 Å². The van der Waals surface area contributed by atoms with E-state index in [2.05, 4.69) is 15.5 Å². The molecule has 1 aromatic heterocycles. The second kappa shape index (κ2) is 9.01. The Hall–Kier alpha value is -2.39. The van der Waals surface area contributed by atoms with Crippen molar-refractivity contribution in [1.29, 1.82) is 0 Å². The SMILES string of the molecule is COCCn1c(Cc2ccccc2)nnc1S[C@H](C)C(=O)N1CCNC1=O. The first-order valence-electron chi connectivity index (χ1n) is 8.81. The molecule has 3 rings (SSSR count). The maximum absolute atomic E-state index is 12.5. The van der Waals surface area contributed by atoms with Crippen LogP contribution in [0, 0.1) is 0 Å². The Morgan fingerprint density at radius 3 is 2.78 bits per heavy atom. The van der Waals surface area contributed by atoms with E-state index in [-0.39, 0.29) is 11.9 Å². The van der Waals surface area contributed by atoms with E-state index in [0.29, 0.717) is 37.8 Å². The third-order valence-electron chi connectivity index (χ3n) is 4.27. The zero-order chi connectivity index (χ0) is 19.2. The van der Waals surface area contributed by atoms with Gasteiger partial charge >= 0.3 is 6.03 Å². The van der Waals surface area contributed by atoms with Crippen LogP contribution in [0.2, 0.25) is 0 Å². The number of carbonyl (C=O) groups is 2. The highest BCUT2D eigenvalue weighted by atomic mass is 32.2. The van der Waals surface area contributed by atoms with Crippen molar-refractivity contribution < 1.29 is 14.3 Å². The molecule has 3 amide bonds. The fourth-order valence-electron chi connectivity index (χ4n) is 2.83. The van der Waals surface area contributed by atoms with Crippen molar-refractivity contribution in [2.75, 3.05) is 26.8 Å². The molecule has 1 atom stereocenters. The minimum Gasteiger partial charge on any atom is -0.383 e. The lowest BCUT2D eigenvalue weighted by atomic mass is 10.1. The van der Waals surface area contributed by atoms with Crippen molar-refractivity contribution in [3.63, 3.8) is 0 Å². The van der Waals surface area contributed by atoms with E-state index >= 15 is 0 Å². The molecule has 1 aliphatic rings. The lowest BCUT2D eigenvalue weighted by Gasteiger charge is -2.17. The molecular weight excluding hydrogens is 366 g/mol. The molecule has 1 N–H and O–H groups in total. The number of hydrogen-bond acceptors (Lipinski definition) is 6. The number of nitrogens with one attached hydrogen (secondary N) is 1. The summed E-state index contributed by atoms with van der Waals surface area (Å²) in [6.07, 6.45) is 0.648. The Balaban J connectivity index is 1.75. The lowest BCUT2D eigenvalue weighted by Crippen LogP contribution is -2.39. The lowest BCUT2D eigenvalue weighted by molar-refractivity contribution is -0.126. The smallest absolute Gasteiger partial charge is 0.324 e. The van der Waals surface area contributed by atoms with E-state index in [9.17, 15) is 9.59 Å². The summed E-state index contributed by atoms with van der Waals surface area (Å²) in [6, 6.07) is 9.70. The minimum absolute atomic E-state index is 0.221. The van der Waals surface area contributed by atoms with E-state index in [1.807, 2.05) is 34.9 Å². The number of urea groups is 1. The van der Waals surface area contributed by atoms with Gasteiger partial charge in [-0.25, -0.2) is 4.79 Å². The number of ether oxygens (including phenoxy) is 1. The van der Waals surface area contributed by atoms with Crippen LogP contribution in [0.3, 0.4) is 0 Å². The molecule has 2 heterocycles. The van der Waals surface area contributed by atoms with Crippen molar-refractivity contribution in [2.24, 2.45) is 0 Å². The Morgan fingerprint density at radius 1 is 1.33 bits per heavy atom. The van der Waals surface area contributed by atoms with Gasteiger partial charge in [-0.05, 0) is 12.5 Å². The average molecular weight is 389 g/mol. The van der Waals surface area contributed by atoms with Crippen molar-refractivity contribution in [3.05, 3.63) is 41.7 Å². The number of thioether (sulfide) groups is 1. The summed E-state index contributed by atoms with van der Waals surface area (Å²) in [5, 5.41) is 11.5. The molecule has 27 heavy (non-hydrogen) atoms. The molecule has 0 bridgehead atoms. The highest BCUT2D eigenvalue weighted by Gasteiger charge is 2.31. The molecular formula is C18H23N5O3S. The number of hydrogen-bond donors (Lipinski definition) is 1. The highest BCUT2D eigenvalue weighted by Crippen LogP contribution is 2.25. The van der Waals surface area contributed by atoms with Crippen LogP contribution < -0.4 is 5.32 Å². The number of nitrogens with zero attached hydrogens (tertiary/aromatic N) is 4. The third kappa shape index (κ3) is 4.67. The van der Waals surface area contributed by atoms with Crippen LogP contribution in [-0.2, 0) is 22.5 Å². The fraction of sp³-hybridized carbons (Fsp3) is 0.444. The Morgan fingerprint density at radius 2 is 2.11 bits per heavy atom. The van der Waals surface area contributed by atoms with E-state index in [1.54, 1.807) is 14.0 Å². The summed E-state index contributed by atoms with van der Waals surface area (Å²) in [7, 11) is 1.65. The molecule has 0 radical (unpaired) electrons. The predicted octanol–water partition coefficient (Wildman–Crippen LogP) is 1.55. The molecule has 0 spiro atoms. The third-order valence-corrected chi connectivity index (χ3v) is 5.34. The molecule has 8 nitrogen and oxygen atoms in total. The number of benzene rings is 1. The van der Waals surface area contributed by atoms with Crippen molar-refractivity contribution in [3.8, 4) is 0 Å². The van der Waals surface area contributed by atoms with Crippen LogP contribution in [0.5, 0.6) is 0 Å². The number of rotatable bonds is 8. The molecule has 1 aliphatic heterocycles. The van der Waals surface area contributed by atoms with Crippen LogP contribution in [0.25, 0.3) is 0 Å². The number of carbonyl (C=O) groups excluding carboxylic acids is 2. The van der Waals surface area contributed by atoms with Gasteiger partial charge in [-0.3, -0.25) is 9.69 Å². The Kier molecular flexibility index (Phi) is 6.46. The average Bonchev–Trinajstić information content (AvgIpc) is 3.26. The first-order valence-corrected chi connectivity index (χ1v) is 9.69. The molecule has 144 valence electrons. The molecule has 1 aromatic carbocycles. The second-order valence-electron chi connectivity index (χ2n) is 6.19. The van der Waals surface area contributed by atoms with Gasteiger partial charge < -0.3 is 14.6 Å². The molecule has 1 saturated heterocycles.